The van der Waals surface area contributed by atoms with Gasteiger partial charge >= 0.3 is 0 Å². The van der Waals surface area contributed by atoms with Gasteiger partial charge in [0.05, 0.1) is 5.75 Å². The van der Waals surface area contributed by atoms with Gasteiger partial charge < -0.3 is 5.32 Å². The van der Waals surface area contributed by atoms with Crippen molar-refractivity contribution in [2.75, 3.05) is 12.3 Å². The Labute approximate surface area is 190 Å². The fraction of sp³-hybridized carbons (Fsp3) is 0.192. The maximum absolute atomic E-state index is 13.3. The van der Waals surface area contributed by atoms with Gasteiger partial charge in [-0.2, -0.15) is 0 Å². The number of aromatic nitrogens is 2. The minimum absolute atomic E-state index is 0.00861. The monoisotopic (exact) mass is 443 g/mol. The molecule has 1 heterocycles. The Morgan fingerprint density at radius 3 is 2.31 bits per heavy atom. The molecule has 32 heavy (non-hydrogen) atoms. The molecule has 1 aliphatic carbocycles. The molecule has 3 aromatic carbocycles. The quantitative estimate of drug-likeness (QED) is 0.390. The number of nitrogens with one attached hydrogen (secondary N) is 1. The third kappa shape index (κ3) is 4.23. The largest absolute Gasteiger partial charge is 0.354 e. The molecule has 0 unspecified atom stereocenters. The van der Waals surface area contributed by atoms with E-state index in [1.54, 1.807) is 12.1 Å². The van der Waals surface area contributed by atoms with Crippen LogP contribution < -0.4 is 5.32 Å². The lowest BCUT2D eigenvalue weighted by Gasteiger charge is -2.16. The number of benzene rings is 3. The van der Waals surface area contributed by atoms with Crippen LogP contribution in [0.5, 0.6) is 0 Å². The highest BCUT2D eigenvalue weighted by atomic mass is 32.2. The molecule has 1 saturated carbocycles. The van der Waals surface area contributed by atoms with E-state index in [9.17, 15) is 9.18 Å². The highest BCUT2D eigenvalue weighted by molar-refractivity contribution is 8.00. The van der Waals surface area contributed by atoms with E-state index in [4.69, 9.17) is 0 Å². The van der Waals surface area contributed by atoms with Crippen molar-refractivity contribution in [3.8, 4) is 11.3 Å². The summed E-state index contributed by atoms with van der Waals surface area (Å²) in [6.45, 7) is 0.659. The van der Waals surface area contributed by atoms with Crippen LogP contribution in [0.4, 0.5) is 4.39 Å². The zero-order valence-corrected chi connectivity index (χ0v) is 18.2. The third-order valence-corrected chi connectivity index (χ3v) is 6.96. The molecule has 0 spiro atoms. The Bertz CT molecular complexity index is 1260. The lowest BCUT2D eigenvalue weighted by atomic mass is 9.96. The Hall–Kier alpha value is -3.25. The second-order valence-electron chi connectivity index (χ2n) is 8.12. The highest BCUT2D eigenvalue weighted by Gasteiger charge is 2.44. The Morgan fingerprint density at radius 2 is 1.59 bits per heavy atom. The van der Waals surface area contributed by atoms with E-state index in [0.29, 0.717) is 17.3 Å². The molecule has 1 amide bonds. The molecule has 0 radical (unpaired) electrons. The summed E-state index contributed by atoms with van der Waals surface area (Å²) in [7, 11) is 0. The van der Waals surface area contributed by atoms with E-state index >= 15 is 0 Å². The molecular weight excluding hydrogens is 421 g/mol. The first-order valence-electron chi connectivity index (χ1n) is 10.6. The number of rotatable bonds is 7. The second kappa shape index (κ2) is 8.71. The van der Waals surface area contributed by atoms with Crippen LogP contribution in [0.25, 0.3) is 22.0 Å². The predicted molar refractivity (Wildman–Crippen MR) is 126 cm³/mol. The van der Waals surface area contributed by atoms with Crippen molar-refractivity contribution in [2.45, 2.75) is 23.3 Å². The second-order valence-corrected chi connectivity index (χ2v) is 9.08. The molecule has 4 nitrogen and oxygen atoms in total. The van der Waals surface area contributed by atoms with Crippen molar-refractivity contribution in [3.63, 3.8) is 0 Å². The lowest BCUT2D eigenvalue weighted by molar-refractivity contribution is -0.118. The van der Waals surface area contributed by atoms with Crippen LogP contribution in [0.3, 0.4) is 0 Å². The number of thioether (sulfide) groups is 1. The number of amides is 1. The van der Waals surface area contributed by atoms with E-state index in [1.165, 1.54) is 29.5 Å². The molecule has 1 aliphatic rings. The first-order chi connectivity index (χ1) is 15.6. The third-order valence-electron chi connectivity index (χ3n) is 5.97. The zero-order valence-electron chi connectivity index (χ0n) is 17.4. The van der Waals surface area contributed by atoms with Gasteiger partial charge in [0, 0.05) is 28.3 Å². The molecule has 0 aliphatic heterocycles. The van der Waals surface area contributed by atoms with Crippen LogP contribution in [-0.4, -0.2) is 28.4 Å². The molecule has 0 bridgehead atoms. The van der Waals surface area contributed by atoms with Crippen LogP contribution in [0.2, 0.25) is 0 Å². The van der Waals surface area contributed by atoms with Crippen molar-refractivity contribution in [1.82, 2.24) is 15.5 Å². The summed E-state index contributed by atoms with van der Waals surface area (Å²) in [6, 6.07) is 24.5. The fourth-order valence-corrected chi connectivity index (χ4v) is 4.77. The van der Waals surface area contributed by atoms with Gasteiger partial charge in [-0.1, -0.05) is 66.4 Å². The topological polar surface area (TPSA) is 54.9 Å². The van der Waals surface area contributed by atoms with Crippen LogP contribution >= 0.6 is 11.8 Å². The van der Waals surface area contributed by atoms with Crippen molar-refractivity contribution < 1.29 is 9.18 Å². The number of fused-ring (bicyclic) bond motifs is 1. The summed E-state index contributed by atoms with van der Waals surface area (Å²) in [5.41, 5.74) is 2.89. The van der Waals surface area contributed by atoms with Crippen molar-refractivity contribution in [3.05, 3.63) is 90.2 Å². The van der Waals surface area contributed by atoms with Crippen LogP contribution in [0.15, 0.2) is 83.9 Å². The molecular formula is C26H22FN3OS. The smallest absolute Gasteiger partial charge is 0.230 e. The van der Waals surface area contributed by atoms with Gasteiger partial charge in [0.2, 0.25) is 5.91 Å². The molecule has 0 saturated heterocycles. The molecule has 1 fully saturated rings. The lowest BCUT2D eigenvalue weighted by Crippen LogP contribution is -2.33. The SMILES string of the molecule is O=C(CSc1nnc(-c2ccc(F)cc2)c2ccccc12)NCC1(c2ccccc2)CC1. The van der Waals surface area contributed by atoms with Crippen LogP contribution in [-0.2, 0) is 10.2 Å². The first kappa shape index (κ1) is 20.6. The summed E-state index contributed by atoms with van der Waals surface area (Å²) in [6.07, 6.45) is 2.21. The molecule has 5 rings (SSSR count). The molecule has 1 N–H and O–H groups in total. The average Bonchev–Trinajstić information content (AvgIpc) is 3.64. The molecule has 0 atom stereocenters. The molecule has 1 aromatic heterocycles. The Kier molecular flexibility index (Phi) is 5.62. The normalized spacial score (nSPS) is 14.3. The van der Waals surface area contributed by atoms with E-state index in [1.807, 2.05) is 42.5 Å². The van der Waals surface area contributed by atoms with E-state index < -0.39 is 0 Å². The predicted octanol–water partition coefficient (Wildman–Crippen LogP) is 5.38. The maximum atomic E-state index is 13.3. The number of hydrogen-bond donors (Lipinski definition) is 1. The minimum Gasteiger partial charge on any atom is -0.354 e. The fourth-order valence-electron chi connectivity index (χ4n) is 3.97. The molecule has 160 valence electrons. The molecule has 6 heteroatoms. The van der Waals surface area contributed by atoms with Crippen molar-refractivity contribution >= 4 is 28.4 Å². The van der Waals surface area contributed by atoms with E-state index in [0.717, 1.165) is 29.2 Å². The Morgan fingerprint density at radius 1 is 0.906 bits per heavy atom. The van der Waals surface area contributed by atoms with E-state index in [-0.39, 0.29) is 22.9 Å². The van der Waals surface area contributed by atoms with Crippen LogP contribution in [0.1, 0.15) is 18.4 Å². The average molecular weight is 444 g/mol. The van der Waals surface area contributed by atoms with E-state index in [2.05, 4.69) is 27.6 Å². The minimum atomic E-state index is -0.288. The summed E-state index contributed by atoms with van der Waals surface area (Å²) in [5.74, 6) is -0.0189. The summed E-state index contributed by atoms with van der Waals surface area (Å²) in [5, 5.41) is 14.5. The zero-order chi connectivity index (χ0) is 22.0. The number of carbonyl (C=O) groups is 1. The van der Waals surface area contributed by atoms with Crippen LogP contribution in [0, 0.1) is 5.82 Å². The standard InChI is InChI=1S/C26H22FN3OS/c27-20-12-10-18(11-13-20)24-21-8-4-5-9-22(21)25(30-29-24)32-16-23(31)28-17-26(14-15-26)19-6-2-1-3-7-19/h1-13H,14-17H2,(H,28,31). The number of hydrogen-bond acceptors (Lipinski definition) is 4. The van der Waals surface area contributed by atoms with Gasteiger partial charge in [-0.05, 0) is 42.7 Å². The summed E-state index contributed by atoms with van der Waals surface area (Å²) in [4.78, 5) is 12.6. The van der Waals surface area contributed by atoms with Gasteiger partial charge in [0.1, 0.15) is 16.5 Å². The number of nitrogens with zero attached hydrogens (tertiary/aromatic N) is 2. The number of carbonyl (C=O) groups excluding carboxylic acids is 1. The molecule has 4 aromatic rings. The van der Waals surface area contributed by atoms with Gasteiger partial charge in [-0.3, -0.25) is 4.79 Å². The van der Waals surface area contributed by atoms with Gasteiger partial charge in [-0.25, -0.2) is 4.39 Å². The van der Waals surface area contributed by atoms with Crippen molar-refractivity contribution in [2.24, 2.45) is 0 Å². The summed E-state index contributed by atoms with van der Waals surface area (Å²) >= 11 is 1.39. The number of halogens is 1. The van der Waals surface area contributed by atoms with Gasteiger partial charge in [0.25, 0.3) is 0 Å². The highest BCUT2D eigenvalue weighted by Crippen LogP contribution is 2.47. The first-order valence-corrected chi connectivity index (χ1v) is 11.6. The van der Waals surface area contributed by atoms with Crippen molar-refractivity contribution in [1.29, 1.82) is 0 Å². The Balaban J connectivity index is 1.28. The van der Waals surface area contributed by atoms with Gasteiger partial charge in [-0.15, -0.1) is 10.2 Å². The maximum Gasteiger partial charge on any atom is 0.230 e. The van der Waals surface area contributed by atoms with Gasteiger partial charge in [0.15, 0.2) is 0 Å². The summed E-state index contributed by atoms with van der Waals surface area (Å²) < 4.78 is 13.3.